The maximum Gasteiger partial charge on any atom is 0.260 e. The molecule has 1 atom stereocenters. The lowest BCUT2D eigenvalue weighted by Gasteiger charge is -2.15. The lowest BCUT2D eigenvalue weighted by Crippen LogP contribution is -2.38. The van der Waals surface area contributed by atoms with Gasteiger partial charge in [-0.3, -0.25) is 4.79 Å². The predicted octanol–water partition coefficient (Wildman–Crippen LogP) is 3.42. The zero-order chi connectivity index (χ0) is 17.4. The molecule has 0 saturated heterocycles. The highest BCUT2D eigenvalue weighted by atomic mass is 79.9. The van der Waals surface area contributed by atoms with Crippen LogP contribution in [0.2, 0.25) is 0 Å². The summed E-state index contributed by atoms with van der Waals surface area (Å²) < 4.78 is 17.2. The number of halogens is 1. The summed E-state index contributed by atoms with van der Waals surface area (Å²) >= 11 is 3.35. The standard InChI is InChI=1S/C18H20BrNO4/c1-13(24-15-8-6-14(19)7-9-15)18(21)20-10-11-23-17-5-3-4-16(12-17)22-2/h3-9,12-13H,10-11H2,1-2H3,(H,20,21). The van der Waals surface area contributed by atoms with Gasteiger partial charge in [0.05, 0.1) is 13.7 Å². The van der Waals surface area contributed by atoms with Gasteiger partial charge in [0.25, 0.3) is 5.91 Å². The molecule has 2 aromatic rings. The first-order chi connectivity index (χ1) is 11.6. The summed E-state index contributed by atoms with van der Waals surface area (Å²) in [4.78, 5) is 12.0. The number of rotatable bonds is 8. The zero-order valence-electron chi connectivity index (χ0n) is 13.6. The SMILES string of the molecule is COc1cccc(OCCNC(=O)C(C)Oc2ccc(Br)cc2)c1. The molecule has 1 amide bonds. The smallest absolute Gasteiger partial charge is 0.260 e. The molecule has 0 saturated carbocycles. The van der Waals surface area contributed by atoms with E-state index in [2.05, 4.69) is 21.2 Å². The molecule has 0 spiro atoms. The van der Waals surface area contributed by atoms with E-state index in [0.29, 0.717) is 24.7 Å². The van der Waals surface area contributed by atoms with Gasteiger partial charge in [-0.1, -0.05) is 22.0 Å². The number of carbonyl (C=O) groups excluding carboxylic acids is 1. The van der Waals surface area contributed by atoms with Crippen LogP contribution in [-0.2, 0) is 4.79 Å². The van der Waals surface area contributed by atoms with Crippen LogP contribution in [0.5, 0.6) is 17.2 Å². The maximum absolute atomic E-state index is 12.0. The van der Waals surface area contributed by atoms with Crippen LogP contribution in [0.15, 0.2) is 53.0 Å². The van der Waals surface area contributed by atoms with Crippen LogP contribution in [0.4, 0.5) is 0 Å². The monoisotopic (exact) mass is 393 g/mol. The Hall–Kier alpha value is -2.21. The molecule has 1 N–H and O–H groups in total. The van der Waals surface area contributed by atoms with Crippen molar-refractivity contribution in [3.05, 3.63) is 53.0 Å². The van der Waals surface area contributed by atoms with E-state index in [9.17, 15) is 4.79 Å². The summed E-state index contributed by atoms with van der Waals surface area (Å²) in [5.74, 6) is 1.89. The normalized spacial score (nSPS) is 11.5. The average molecular weight is 394 g/mol. The van der Waals surface area contributed by atoms with Crippen molar-refractivity contribution in [2.45, 2.75) is 13.0 Å². The van der Waals surface area contributed by atoms with Gasteiger partial charge in [-0.05, 0) is 43.3 Å². The van der Waals surface area contributed by atoms with Crippen molar-refractivity contribution in [2.75, 3.05) is 20.3 Å². The molecule has 0 aliphatic rings. The fourth-order valence-corrected chi connectivity index (χ4v) is 2.21. The Morgan fingerprint density at radius 3 is 2.54 bits per heavy atom. The summed E-state index contributed by atoms with van der Waals surface area (Å²) in [5, 5.41) is 2.78. The van der Waals surface area contributed by atoms with Gasteiger partial charge in [0.15, 0.2) is 6.10 Å². The predicted molar refractivity (Wildman–Crippen MR) is 95.7 cm³/mol. The van der Waals surface area contributed by atoms with E-state index in [4.69, 9.17) is 14.2 Å². The van der Waals surface area contributed by atoms with E-state index in [1.54, 1.807) is 32.2 Å². The first-order valence-electron chi connectivity index (χ1n) is 7.55. The molecule has 5 nitrogen and oxygen atoms in total. The number of benzene rings is 2. The molecule has 6 heteroatoms. The Bertz CT molecular complexity index is 660. The maximum atomic E-state index is 12.0. The van der Waals surface area contributed by atoms with Gasteiger partial charge in [-0.2, -0.15) is 0 Å². The molecule has 0 fully saturated rings. The number of ether oxygens (including phenoxy) is 3. The van der Waals surface area contributed by atoms with E-state index in [-0.39, 0.29) is 5.91 Å². The van der Waals surface area contributed by atoms with Crippen molar-refractivity contribution < 1.29 is 19.0 Å². The quantitative estimate of drug-likeness (QED) is 0.698. The van der Waals surface area contributed by atoms with Crippen molar-refractivity contribution in [3.63, 3.8) is 0 Å². The van der Waals surface area contributed by atoms with Crippen molar-refractivity contribution in [2.24, 2.45) is 0 Å². The number of carbonyl (C=O) groups is 1. The van der Waals surface area contributed by atoms with Gasteiger partial charge in [0.2, 0.25) is 0 Å². The summed E-state index contributed by atoms with van der Waals surface area (Å²) in [6.07, 6.45) is -0.581. The number of hydrogen-bond acceptors (Lipinski definition) is 4. The van der Waals surface area contributed by atoms with E-state index >= 15 is 0 Å². The number of amides is 1. The highest BCUT2D eigenvalue weighted by Gasteiger charge is 2.13. The fourth-order valence-electron chi connectivity index (χ4n) is 1.95. The van der Waals surface area contributed by atoms with Gasteiger partial charge in [0.1, 0.15) is 23.9 Å². The van der Waals surface area contributed by atoms with Crippen molar-refractivity contribution >= 4 is 21.8 Å². The van der Waals surface area contributed by atoms with Crippen LogP contribution in [0.3, 0.4) is 0 Å². The van der Waals surface area contributed by atoms with Crippen molar-refractivity contribution in [1.82, 2.24) is 5.32 Å². The highest BCUT2D eigenvalue weighted by molar-refractivity contribution is 9.10. The minimum atomic E-state index is -0.581. The van der Waals surface area contributed by atoms with Crippen LogP contribution in [0.25, 0.3) is 0 Å². The van der Waals surface area contributed by atoms with Crippen LogP contribution < -0.4 is 19.5 Å². The van der Waals surface area contributed by atoms with Gasteiger partial charge >= 0.3 is 0 Å². The molecule has 0 aliphatic heterocycles. The van der Waals surface area contributed by atoms with Crippen LogP contribution >= 0.6 is 15.9 Å². The van der Waals surface area contributed by atoms with Gasteiger partial charge in [-0.15, -0.1) is 0 Å². The van der Waals surface area contributed by atoms with Gasteiger partial charge in [0, 0.05) is 10.5 Å². The second-order valence-electron chi connectivity index (χ2n) is 5.03. The van der Waals surface area contributed by atoms with Crippen LogP contribution in [0, 0.1) is 0 Å². The molecule has 2 rings (SSSR count). The first-order valence-corrected chi connectivity index (χ1v) is 8.34. The Morgan fingerprint density at radius 1 is 1.12 bits per heavy atom. The Labute approximate surface area is 150 Å². The largest absolute Gasteiger partial charge is 0.497 e. The second-order valence-corrected chi connectivity index (χ2v) is 5.95. The third-order valence-electron chi connectivity index (χ3n) is 3.21. The van der Waals surface area contributed by atoms with E-state index in [0.717, 1.165) is 10.2 Å². The molecule has 128 valence electrons. The highest BCUT2D eigenvalue weighted by Crippen LogP contribution is 2.19. The molecule has 24 heavy (non-hydrogen) atoms. The average Bonchev–Trinajstić information content (AvgIpc) is 2.60. The van der Waals surface area contributed by atoms with Gasteiger partial charge in [-0.25, -0.2) is 0 Å². The lowest BCUT2D eigenvalue weighted by molar-refractivity contribution is -0.127. The number of nitrogens with one attached hydrogen (secondary N) is 1. The van der Waals surface area contributed by atoms with E-state index in [1.807, 2.05) is 30.3 Å². The minimum absolute atomic E-state index is 0.188. The second kappa shape index (κ2) is 9.17. The Morgan fingerprint density at radius 2 is 1.83 bits per heavy atom. The van der Waals surface area contributed by atoms with Crippen LogP contribution in [0.1, 0.15) is 6.92 Å². The topological polar surface area (TPSA) is 56.8 Å². The zero-order valence-corrected chi connectivity index (χ0v) is 15.2. The summed E-state index contributed by atoms with van der Waals surface area (Å²) in [6, 6.07) is 14.7. The van der Waals surface area contributed by atoms with Crippen molar-refractivity contribution in [1.29, 1.82) is 0 Å². The minimum Gasteiger partial charge on any atom is -0.497 e. The Balaban J connectivity index is 1.71. The third-order valence-corrected chi connectivity index (χ3v) is 3.74. The number of methoxy groups -OCH3 is 1. The molecule has 0 heterocycles. The molecule has 0 bridgehead atoms. The van der Waals surface area contributed by atoms with E-state index in [1.165, 1.54) is 0 Å². The van der Waals surface area contributed by atoms with E-state index < -0.39 is 6.10 Å². The fraction of sp³-hybridized carbons (Fsp3) is 0.278. The molecule has 1 unspecified atom stereocenters. The molecule has 0 aliphatic carbocycles. The summed E-state index contributed by atoms with van der Waals surface area (Å²) in [7, 11) is 1.60. The molecule has 0 aromatic heterocycles. The van der Waals surface area contributed by atoms with Crippen molar-refractivity contribution in [3.8, 4) is 17.2 Å². The summed E-state index contributed by atoms with van der Waals surface area (Å²) in [5.41, 5.74) is 0. The third kappa shape index (κ3) is 5.77. The lowest BCUT2D eigenvalue weighted by atomic mass is 10.3. The molecule has 2 aromatic carbocycles. The van der Waals surface area contributed by atoms with Gasteiger partial charge < -0.3 is 19.5 Å². The molecular formula is C18H20BrNO4. The Kier molecular flexibility index (Phi) is 6.93. The molecular weight excluding hydrogens is 374 g/mol. The van der Waals surface area contributed by atoms with Crippen LogP contribution in [-0.4, -0.2) is 32.3 Å². The molecule has 0 radical (unpaired) electrons. The first kappa shape index (κ1) is 18.1. The summed E-state index contributed by atoms with van der Waals surface area (Å²) in [6.45, 7) is 2.47. The number of hydrogen-bond donors (Lipinski definition) is 1.